The molecule has 1 aliphatic carbocycles. The Labute approximate surface area is 139 Å². The number of aromatic amines is 1. The fourth-order valence-corrected chi connectivity index (χ4v) is 3.75. The van der Waals surface area contributed by atoms with E-state index in [1.807, 2.05) is 6.07 Å². The van der Waals surface area contributed by atoms with Gasteiger partial charge >= 0.3 is 0 Å². The van der Waals surface area contributed by atoms with Gasteiger partial charge in [0.25, 0.3) is 5.91 Å². The zero-order valence-electron chi connectivity index (χ0n) is 13.2. The number of hydrogen-bond donors (Lipinski definition) is 3. The number of rotatable bonds is 4. The highest BCUT2D eigenvalue weighted by atomic mass is 16.2. The largest absolute Gasteiger partial charge is 0.350 e. The van der Waals surface area contributed by atoms with Crippen molar-refractivity contribution in [3.05, 3.63) is 36.3 Å². The number of nitrogens with one attached hydrogen (secondary N) is 3. The third kappa shape index (κ3) is 2.66. The van der Waals surface area contributed by atoms with E-state index in [1.165, 1.54) is 0 Å². The summed E-state index contributed by atoms with van der Waals surface area (Å²) in [4.78, 5) is 28.5. The summed E-state index contributed by atoms with van der Waals surface area (Å²) in [5.74, 6) is 0.0622. The van der Waals surface area contributed by atoms with Crippen LogP contribution >= 0.6 is 0 Å². The fourth-order valence-electron chi connectivity index (χ4n) is 3.75. The van der Waals surface area contributed by atoms with Crippen LogP contribution in [0.2, 0.25) is 0 Å². The molecule has 3 N–H and O–H groups in total. The van der Waals surface area contributed by atoms with Crippen LogP contribution in [0.1, 0.15) is 36.0 Å². The van der Waals surface area contributed by atoms with E-state index in [0.29, 0.717) is 12.1 Å². The summed E-state index contributed by atoms with van der Waals surface area (Å²) in [6, 6.07) is 3.61. The third-order valence-corrected chi connectivity index (χ3v) is 5.00. The van der Waals surface area contributed by atoms with E-state index in [-0.39, 0.29) is 23.3 Å². The summed E-state index contributed by atoms with van der Waals surface area (Å²) in [7, 11) is 0. The molecule has 2 bridgehead atoms. The molecular formula is C17H19N5O2. The first-order valence-electron chi connectivity index (χ1n) is 8.20. The molecule has 7 heteroatoms. The van der Waals surface area contributed by atoms with E-state index >= 15 is 0 Å². The summed E-state index contributed by atoms with van der Waals surface area (Å²) in [5.41, 5.74) is 1.85. The molecular weight excluding hydrogens is 306 g/mol. The molecule has 3 heterocycles. The van der Waals surface area contributed by atoms with Crippen molar-refractivity contribution < 1.29 is 9.59 Å². The Morgan fingerprint density at radius 1 is 1.42 bits per heavy atom. The maximum Gasteiger partial charge on any atom is 0.252 e. The predicted octanol–water partition coefficient (Wildman–Crippen LogP) is 1.26. The third-order valence-electron chi connectivity index (χ3n) is 5.00. The molecule has 2 aliphatic rings. The van der Waals surface area contributed by atoms with Crippen LogP contribution < -0.4 is 10.6 Å². The summed E-state index contributed by atoms with van der Waals surface area (Å²) in [6.07, 6.45) is 8.60. The van der Waals surface area contributed by atoms with Crippen LogP contribution in [-0.4, -0.2) is 39.1 Å². The Morgan fingerprint density at radius 2 is 2.33 bits per heavy atom. The van der Waals surface area contributed by atoms with Crippen molar-refractivity contribution in [1.82, 2.24) is 25.8 Å². The molecule has 2 aromatic heterocycles. The number of hydrogen-bond acceptors (Lipinski definition) is 4. The maximum absolute atomic E-state index is 12.5. The Hall–Kier alpha value is -2.70. The van der Waals surface area contributed by atoms with E-state index < -0.39 is 0 Å². The highest BCUT2D eigenvalue weighted by Crippen LogP contribution is 2.37. The minimum atomic E-state index is -0.274. The lowest BCUT2D eigenvalue weighted by atomic mass is 9.80. The monoisotopic (exact) mass is 325 g/mol. The quantitative estimate of drug-likeness (QED) is 0.788. The molecule has 24 heavy (non-hydrogen) atoms. The van der Waals surface area contributed by atoms with Crippen LogP contribution in [0, 0.1) is 5.92 Å². The Morgan fingerprint density at radius 3 is 3.17 bits per heavy atom. The van der Waals surface area contributed by atoms with Crippen molar-refractivity contribution in [3.8, 4) is 11.3 Å². The van der Waals surface area contributed by atoms with Crippen LogP contribution in [-0.2, 0) is 4.79 Å². The minimum absolute atomic E-state index is 0.112. The molecule has 0 aromatic carbocycles. The molecule has 124 valence electrons. The smallest absolute Gasteiger partial charge is 0.252 e. The van der Waals surface area contributed by atoms with Crippen molar-refractivity contribution in [1.29, 1.82) is 0 Å². The molecule has 2 amide bonds. The number of fused-ring (bicyclic) bond motifs is 2. The highest BCUT2D eigenvalue weighted by Gasteiger charge is 2.46. The van der Waals surface area contributed by atoms with Crippen LogP contribution in [0.15, 0.2) is 30.7 Å². The SMILES string of the molecule is O=C(NCC12CCCC(C1)C(=O)N2)c1cncc(-c2ccn[nH]2)c1. The summed E-state index contributed by atoms with van der Waals surface area (Å²) >= 11 is 0. The van der Waals surface area contributed by atoms with E-state index in [1.54, 1.807) is 24.7 Å². The van der Waals surface area contributed by atoms with Gasteiger partial charge in [0.2, 0.25) is 5.91 Å². The molecule has 0 spiro atoms. The first-order valence-corrected chi connectivity index (χ1v) is 8.20. The molecule has 4 rings (SSSR count). The first-order chi connectivity index (χ1) is 11.7. The van der Waals surface area contributed by atoms with Crippen LogP contribution in [0.25, 0.3) is 11.3 Å². The molecule has 2 aromatic rings. The molecule has 0 radical (unpaired) electrons. The van der Waals surface area contributed by atoms with Gasteiger partial charge in [0, 0.05) is 36.6 Å². The van der Waals surface area contributed by atoms with Crippen molar-refractivity contribution in [3.63, 3.8) is 0 Å². The molecule has 2 unspecified atom stereocenters. The van der Waals surface area contributed by atoms with Crippen molar-refractivity contribution in [2.45, 2.75) is 31.2 Å². The van der Waals surface area contributed by atoms with Gasteiger partial charge in [-0.05, 0) is 31.4 Å². The lowest BCUT2D eigenvalue weighted by Crippen LogP contribution is -2.50. The number of carbonyl (C=O) groups excluding carboxylic acids is 2. The Kier molecular flexibility index (Phi) is 3.55. The van der Waals surface area contributed by atoms with E-state index in [9.17, 15) is 9.59 Å². The second-order valence-electron chi connectivity index (χ2n) is 6.68. The molecule has 1 saturated heterocycles. The minimum Gasteiger partial charge on any atom is -0.350 e. The van der Waals surface area contributed by atoms with Crippen LogP contribution in [0.4, 0.5) is 0 Å². The second-order valence-corrected chi connectivity index (χ2v) is 6.68. The number of carbonyl (C=O) groups is 2. The second kappa shape index (κ2) is 5.74. The van der Waals surface area contributed by atoms with Crippen LogP contribution in [0.5, 0.6) is 0 Å². The Bertz CT molecular complexity index is 773. The average molecular weight is 325 g/mol. The maximum atomic E-state index is 12.5. The summed E-state index contributed by atoms with van der Waals surface area (Å²) < 4.78 is 0. The molecule has 7 nitrogen and oxygen atoms in total. The molecule has 1 saturated carbocycles. The van der Waals surface area contributed by atoms with E-state index in [2.05, 4.69) is 25.8 Å². The van der Waals surface area contributed by atoms with Gasteiger partial charge < -0.3 is 10.6 Å². The van der Waals surface area contributed by atoms with Gasteiger partial charge in [0.05, 0.1) is 16.8 Å². The van der Waals surface area contributed by atoms with Gasteiger partial charge in [-0.2, -0.15) is 5.10 Å². The van der Waals surface area contributed by atoms with E-state index in [0.717, 1.165) is 36.9 Å². The lowest BCUT2D eigenvalue weighted by Gasteiger charge is -2.32. The van der Waals surface area contributed by atoms with Gasteiger partial charge in [-0.15, -0.1) is 0 Å². The predicted molar refractivity (Wildman–Crippen MR) is 87.0 cm³/mol. The zero-order chi connectivity index (χ0) is 16.6. The first kappa shape index (κ1) is 14.9. The van der Waals surface area contributed by atoms with Crippen LogP contribution in [0.3, 0.4) is 0 Å². The van der Waals surface area contributed by atoms with Crippen molar-refractivity contribution in [2.75, 3.05) is 6.54 Å². The number of pyridine rings is 1. The normalized spacial score (nSPS) is 25.3. The van der Waals surface area contributed by atoms with Gasteiger partial charge in [-0.3, -0.25) is 19.7 Å². The standard InChI is InChI=1S/C17H19N5O2/c23-15(13-6-12(8-18-9-13)14-3-5-20-22-14)19-10-17-4-1-2-11(7-17)16(24)21-17/h3,5-6,8-9,11H,1-2,4,7,10H2,(H,19,23)(H,20,22)(H,21,24). The van der Waals surface area contributed by atoms with Crippen molar-refractivity contribution >= 4 is 11.8 Å². The summed E-state index contributed by atoms with van der Waals surface area (Å²) in [6.45, 7) is 0.461. The topological polar surface area (TPSA) is 99.8 Å². The average Bonchev–Trinajstić information content (AvgIpc) is 3.21. The van der Waals surface area contributed by atoms with Gasteiger partial charge in [-0.1, -0.05) is 6.42 Å². The summed E-state index contributed by atoms with van der Waals surface area (Å²) in [5, 5.41) is 12.8. The number of aromatic nitrogens is 3. The van der Waals surface area contributed by atoms with Gasteiger partial charge in [0.1, 0.15) is 0 Å². The number of H-pyrrole nitrogens is 1. The van der Waals surface area contributed by atoms with E-state index in [4.69, 9.17) is 0 Å². The fraction of sp³-hybridized carbons (Fsp3) is 0.412. The van der Waals surface area contributed by atoms with Crippen molar-refractivity contribution in [2.24, 2.45) is 5.92 Å². The van der Waals surface area contributed by atoms with Gasteiger partial charge in [0.15, 0.2) is 0 Å². The highest BCUT2D eigenvalue weighted by molar-refractivity contribution is 5.95. The Balaban J connectivity index is 1.45. The number of amides is 2. The molecule has 1 aliphatic heterocycles. The molecule has 2 fully saturated rings. The lowest BCUT2D eigenvalue weighted by molar-refractivity contribution is -0.122. The zero-order valence-corrected chi connectivity index (χ0v) is 13.2. The van der Waals surface area contributed by atoms with Gasteiger partial charge in [-0.25, -0.2) is 0 Å². The molecule has 2 atom stereocenters. The number of nitrogens with zero attached hydrogens (tertiary/aromatic N) is 2.